The number of imidazole rings is 1. The van der Waals surface area contributed by atoms with Crippen LogP contribution in [0.5, 0.6) is 5.88 Å². The normalized spacial score (nSPS) is 18.1. The average molecular weight is 540 g/mol. The van der Waals surface area contributed by atoms with Crippen LogP contribution < -0.4 is 4.74 Å². The minimum absolute atomic E-state index is 0.0447. The molecule has 2 aromatic heterocycles. The number of carboxylic acids is 1. The van der Waals surface area contributed by atoms with Gasteiger partial charge in [0, 0.05) is 29.8 Å². The molecule has 1 fully saturated rings. The van der Waals surface area contributed by atoms with Crippen molar-refractivity contribution in [1.29, 1.82) is 5.26 Å². The Morgan fingerprint density at radius 2 is 1.90 bits per heavy atom. The van der Waals surface area contributed by atoms with Gasteiger partial charge in [-0.15, -0.1) is 0 Å². The second kappa shape index (κ2) is 11.1. The number of benzene rings is 2. The van der Waals surface area contributed by atoms with E-state index in [9.17, 15) is 14.3 Å². The van der Waals surface area contributed by atoms with E-state index in [0.717, 1.165) is 74.3 Å². The number of nitriles is 1. The number of piperidine rings is 1. The van der Waals surface area contributed by atoms with Gasteiger partial charge in [-0.2, -0.15) is 5.26 Å². The zero-order valence-electron chi connectivity index (χ0n) is 22.1. The number of pyridine rings is 1. The summed E-state index contributed by atoms with van der Waals surface area (Å²) in [6.07, 6.45) is 5.11. The van der Waals surface area contributed by atoms with Crippen molar-refractivity contribution < 1.29 is 19.0 Å². The highest BCUT2D eigenvalue weighted by atomic mass is 19.1. The Kier molecular flexibility index (Phi) is 7.18. The maximum atomic E-state index is 14.2. The predicted octanol–water partition coefficient (Wildman–Crippen LogP) is 5.82. The summed E-state index contributed by atoms with van der Waals surface area (Å²) in [6, 6.07) is 17.4. The van der Waals surface area contributed by atoms with E-state index >= 15 is 0 Å². The molecule has 0 amide bonds. The monoisotopic (exact) mass is 539 g/mol. The number of rotatable bonds is 6. The number of aromatic nitrogens is 3. The highest BCUT2D eigenvalue weighted by Gasteiger charge is 2.32. The van der Waals surface area contributed by atoms with Crippen molar-refractivity contribution in [3.63, 3.8) is 0 Å². The molecular formula is C31H30FN5O3. The largest absolute Gasteiger partial charge is 0.478 e. The molecule has 40 heavy (non-hydrogen) atoms. The Hall–Kier alpha value is -4.29. The fourth-order valence-corrected chi connectivity index (χ4v) is 5.98. The molecule has 2 aliphatic rings. The van der Waals surface area contributed by atoms with Crippen LogP contribution in [0.3, 0.4) is 0 Å². The lowest BCUT2D eigenvalue weighted by Gasteiger charge is -2.36. The highest BCUT2D eigenvalue weighted by Crippen LogP contribution is 2.37. The molecule has 204 valence electrons. The number of nitrogens with zero attached hydrogens (tertiary/aromatic N) is 5. The SMILES string of the molecule is N#Cc1ccc(COc2cccc(C3CCN([C@@H]4CCCCn5c4nc4ccc(C(=O)O)cc45)CC3)n2)c(F)c1. The summed E-state index contributed by atoms with van der Waals surface area (Å²) in [5, 5.41) is 18.4. The van der Waals surface area contributed by atoms with Crippen molar-refractivity contribution in [2.45, 2.75) is 57.2 Å². The van der Waals surface area contributed by atoms with E-state index in [2.05, 4.69) is 9.47 Å². The molecule has 1 saturated heterocycles. The predicted molar refractivity (Wildman–Crippen MR) is 147 cm³/mol. The molecule has 8 nitrogen and oxygen atoms in total. The maximum Gasteiger partial charge on any atom is 0.335 e. The Labute approximate surface area is 231 Å². The molecule has 0 spiro atoms. The standard InChI is InChI=1S/C31H30FN5O3/c32-24-16-20(18-33)7-8-23(24)19-40-29-6-3-4-25(34-29)21-11-14-36(15-12-21)27-5-1-2-13-37-28-17-22(31(38)39)9-10-26(28)35-30(27)37/h3-4,6-10,16-17,21,27H,1-2,5,11-15,19H2,(H,38,39)/t27-/m1/s1. The summed E-state index contributed by atoms with van der Waals surface area (Å²) >= 11 is 0. The van der Waals surface area contributed by atoms with E-state index in [4.69, 9.17) is 20.0 Å². The Bertz CT molecular complexity index is 1600. The van der Waals surface area contributed by atoms with E-state index in [1.807, 2.05) is 24.3 Å². The van der Waals surface area contributed by atoms with Crippen LogP contribution in [0.4, 0.5) is 4.39 Å². The van der Waals surface area contributed by atoms with Gasteiger partial charge in [-0.25, -0.2) is 19.2 Å². The molecule has 9 heteroatoms. The van der Waals surface area contributed by atoms with Gasteiger partial charge in [0.15, 0.2) is 0 Å². The first-order valence-corrected chi connectivity index (χ1v) is 13.8. The number of hydrogen-bond acceptors (Lipinski definition) is 6. The first-order valence-electron chi connectivity index (χ1n) is 13.8. The summed E-state index contributed by atoms with van der Waals surface area (Å²) in [5.41, 5.74) is 3.68. The number of aromatic carboxylic acids is 1. The Morgan fingerprint density at radius 1 is 1.05 bits per heavy atom. The van der Waals surface area contributed by atoms with Crippen LogP contribution in [0.1, 0.15) is 77.1 Å². The third kappa shape index (κ3) is 5.15. The fraction of sp³-hybridized carbons (Fsp3) is 0.355. The molecular weight excluding hydrogens is 509 g/mol. The molecule has 2 aliphatic heterocycles. The van der Waals surface area contributed by atoms with Gasteiger partial charge < -0.3 is 14.4 Å². The van der Waals surface area contributed by atoms with Gasteiger partial charge in [0.2, 0.25) is 5.88 Å². The van der Waals surface area contributed by atoms with Crippen molar-refractivity contribution >= 4 is 17.0 Å². The van der Waals surface area contributed by atoms with Gasteiger partial charge in [-0.05, 0) is 81.6 Å². The topological polar surface area (TPSA) is 104 Å². The molecule has 4 heterocycles. The van der Waals surface area contributed by atoms with Crippen molar-refractivity contribution in [2.75, 3.05) is 13.1 Å². The van der Waals surface area contributed by atoms with Gasteiger partial charge in [-0.3, -0.25) is 4.90 Å². The van der Waals surface area contributed by atoms with Crippen molar-refractivity contribution in [3.05, 3.63) is 88.6 Å². The lowest BCUT2D eigenvalue weighted by atomic mass is 9.91. The number of likely N-dealkylation sites (tertiary alicyclic amines) is 1. The van der Waals surface area contributed by atoms with Crippen molar-refractivity contribution in [3.8, 4) is 11.9 Å². The number of carbonyl (C=O) groups is 1. The second-order valence-electron chi connectivity index (χ2n) is 10.6. The van der Waals surface area contributed by atoms with Crippen molar-refractivity contribution in [1.82, 2.24) is 19.4 Å². The Morgan fingerprint density at radius 3 is 2.67 bits per heavy atom. The molecule has 2 aromatic carbocycles. The number of ether oxygens (including phenoxy) is 1. The maximum absolute atomic E-state index is 14.2. The van der Waals surface area contributed by atoms with Gasteiger partial charge in [0.05, 0.1) is 34.3 Å². The van der Waals surface area contributed by atoms with E-state index in [1.165, 1.54) is 6.07 Å². The summed E-state index contributed by atoms with van der Waals surface area (Å²) in [6.45, 7) is 2.73. The smallest absolute Gasteiger partial charge is 0.335 e. The van der Waals surface area contributed by atoms with Crippen LogP contribution in [0, 0.1) is 17.1 Å². The first-order chi connectivity index (χ1) is 19.5. The molecule has 0 unspecified atom stereocenters. The van der Waals surface area contributed by atoms with Gasteiger partial charge >= 0.3 is 5.97 Å². The number of fused-ring (bicyclic) bond motifs is 3. The average Bonchev–Trinajstić information content (AvgIpc) is 3.20. The number of aryl methyl sites for hydroxylation is 1. The summed E-state index contributed by atoms with van der Waals surface area (Å²) in [5.74, 6) is 0.416. The van der Waals surface area contributed by atoms with Gasteiger partial charge in [0.1, 0.15) is 18.2 Å². The minimum atomic E-state index is -0.922. The molecule has 0 saturated carbocycles. The van der Waals surface area contributed by atoms with E-state index < -0.39 is 11.8 Å². The van der Waals surface area contributed by atoms with Crippen LogP contribution >= 0.6 is 0 Å². The minimum Gasteiger partial charge on any atom is -0.478 e. The van der Waals surface area contributed by atoms with Gasteiger partial charge in [-0.1, -0.05) is 12.1 Å². The van der Waals surface area contributed by atoms with Crippen molar-refractivity contribution in [2.24, 2.45) is 0 Å². The highest BCUT2D eigenvalue weighted by molar-refractivity contribution is 5.92. The molecule has 0 radical (unpaired) electrons. The van der Waals surface area contributed by atoms with Crippen LogP contribution in [0.15, 0.2) is 54.6 Å². The lowest BCUT2D eigenvalue weighted by molar-refractivity contribution is 0.0697. The number of hydrogen-bond donors (Lipinski definition) is 1. The molecule has 1 atom stereocenters. The summed E-state index contributed by atoms with van der Waals surface area (Å²) in [4.78, 5) is 23.8. The molecule has 0 bridgehead atoms. The molecule has 6 rings (SSSR count). The number of halogens is 1. The number of carboxylic acid groups (broad SMARTS) is 1. The quantitative estimate of drug-likeness (QED) is 0.329. The Balaban J connectivity index is 1.13. The summed E-state index contributed by atoms with van der Waals surface area (Å²) < 4.78 is 22.3. The van der Waals surface area contributed by atoms with Crippen LogP contribution in [-0.2, 0) is 13.2 Å². The fourth-order valence-electron chi connectivity index (χ4n) is 5.98. The van der Waals surface area contributed by atoms with Crippen LogP contribution in [-0.4, -0.2) is 43.6 Å². The second-order valence-corrected chi connectivity index (χ2v) is 10.6. The van der Waals surface area contributed by atoms with E-state index in [1.54, 1.807) is 30.3 Å². The zero-order chi connectivity index (χ0) is 27.6. The molecule has 4 aromatic rings. The van der Waals surface area contributed by atoms with Crippen LogP contribution in [0.2, 0.25) is 0 Å². The van der Waals surface area contributed by atoms with E-state index in [0.29, 0.717) is 17.4 Å². The first kappa shape index (κ1) is 26.0. The zero-order valence-corrected chi connectivity index (χ0v) is 22.1. The molecule has 0 aliphatic carbocycles. The summed E-state index contributed by atoms with van der Waals surface area (Å²) in [7, 11) is 0. The lowest BCUT2D eigenvalue weighted by Crippen LogP contribution is -2.37. The third-order valence-electron chi connectivity index (χ3n) is 8.12. The van der Waals surface area contributed by atoms with E-state index in [-0.39, 0.29) is 23.8 Å². The van der Waals surface area contributed by atoms with Gasteiger partial charge in [0.25, 0.3) is 0 Å². The molecule has 1 N–H and O–H groups in total. The third-order valence-corrected chi connectivity index (χ3v) is 8.12. The van der Waals surface area contributed by atoms with Crippen LogP contribution in [0.25, 0.3) is 11.0 Å².